The lowest BCUT2D eigenvalue weighted by Crippen LogP contribution is -2.65. The molecule has 2 rings (SSSR count). The second-order valence-corrected chi connectivity index (χ2v) is 7.59. The first-order valence-corrected chi connectivity index (χ1v) is 10.8. The highest BCUT2D eigenvalue weighted by molar-refractivity contribution is 6.04. The summed E-state index contributed by atoms with van der Waals surface area (Å²) < 4.78 is 0. The number of likely N-dealkylation sites (N-methyl/N-ethyl adjacent to an activating group) is 1. The van der Waals surface area contributed by atoms with Crippen molar-refractivity contribution in [3.63, 3.8) is 0 Å². The van der Waals surface area contributed by atoms with Gasteiger partial charge in [-0.05, 0) is 26.3 Å². The van der Waals surface area contributed by atoms with Gasteiger partial charge in [0, 0.05) is 19.6 Å². The van der Waals surface area contributed by atoms with Crippen molar-refractivity contribution in [3.05, 3.63) is 0 Å². The van der Waals surface area contributed by atoms with Crippen LogP contribution in [-0.2, 0) is 4.79 Å². The van der Waals surface area contributed by atoms with Gasteiger partial charge in [-0.3, -0.25) is 19.9 Å². The molecule has 0 spiro atoms. The molecule has 2 atom stereocenters. The Morgan fingerprint density at radius 3 is 2.43 bits per heavy atom. The molecule has 0 aromatic heterocycles. The van der Waals surface area contributed by atoms with E-state index in [2.05, 4.69) is 24.1 Å². The highest BCUT2D eigenvalue weighted by atomic mass is 16.3. The average Bonchev–Trinajstić information content (AvgIpc) is 3.03. The molecule has 2 aliphatic heterocycles. The van der Waals surface area contributed by atoms with Gasteiger partial charge < -0.3 is 10.0 Å². The smallest absolute Gasteiger partial charge is 0.325 e. The van der Waals surface area contributed by atoms with Crippen LogP contribution in [0.1, 0.15) is 59.3 Å². The number of carbonyl (C=O) groups is 2. The van der Waals surface area contributed by atoms with Crippen LogP contribution in [0.25, 0.3) is 0 Å². The molecule has 0 saturated carbocycles. The Morgan fingerprint density at radius 1 is 1.04 bits per heavy atom. The van der Waals surface area contributed by atoms with E-state index < -0.39 is 12.2 Å². The van der Waals surface area contributed by atoms with Crippen LogP contribution < -0.4 is 5.32 Å². The second kappa shape index (κ2) is 11.4. The zero-order valence-electron chi connectivity index (χ0n) is 17.7. The molecule has 0 aromatic rings. The Kier molecular flexibility index (Phi) is 9.18. The predicted molar refractivity (Wildman–Crippen MR) is 110 cm³/mol. The van der Waals surface area contributed by atoms with Crippen molar-refractivity contribution < 1.29 is 14.7 Å². The van der Waals surface area contributed by atoms with E-state index in [4.69, 9.17) is 4.99 Å². The molecular weight excluding hydrogens is 358 g/mol. The normalized spacial score (nSPS) is 22.0. The monoisotopic (exact) mass is 395 g/mol. The van der Waals surface area contributed by atoms with Gasteiger partial charge in [0.1, 0.15) is 5.84 Å². The number of aliphatic hydroxyl groups excluding tert-OH is 1. The number of nitrogens with zero attached hydrogens (tertiary/aromatic N) is 4. The zero-order valence-corrected chi connectivity index (χ0v) is 17.7. The third-order valence-electron chi connectivity index (χ3n) is 5.51. The number of carbonyl (C=O) groups excluding carboxylic acids is 2. The van der Waals surface area contributed by atoms with Crippen molar-refractivity contribution in [2.45, 2.75) is 71.5 Å². The lowest BCUT2D eigenvalue weighted by molar-refractivity contribution is -0.127. The predicted octanol–water partition coefficient (Wildman–Crippen LogP) is 1.64. The van der Waals surface area contributed by atoms with Gasteiger partial charge in [0.2, 0.25) is 0 Å². The van der Waals surface area contributed by atoms with Gasteiger partial charge >= 0.3 is 6.03 Å². The first-order chi connectivity index (χ1) is 13.6. The summed E-state index contributed by atoms with van der Waals surface area (Å²) in [6.07, 6.45) is 6.08. The van der Waals surface area contributed by atoms with Crippen LogP contribution in [-0.4, -0.2) is 89.1 Å². The number of aliphatic hydroxyl groups is 1. The van der Waals surface area contributed by atoms with Crippen LogP contribution in [0.2, 0.25) is 0 Å². The van der Waals surface area contributed by atoms with Crippen molar-refractivity contribution in [2.24, 2.45) is 4.99 Å². The molecule has 28 heavy (non-hydrogen) atoms. The number of hydrogen-bond acceptors (Lipinski definition) is 6. The minimum absolute atomic E-state index is 0.0988. The molecule has 2 aliphatic rings. The lowest BCUT2D eigenvalue weighted by Gasteiger charge is -2.38. The number of urea groups is 1. The molecule has 3 amide bonds. The minimum Gasteiger partial charge on any atom is -0.395 e. The molecule has 8 heteroatoms. The number of unbranched alkanes of at least 4 members (excludes halogenated alkanes) is 4. The fourth-order valence-corrected chi connectivity index (χ4v) is 3.95. The first kappa shape index (κ1) is 22.6. The molecule has 160 valence electrons. The summed E-state index contributed by atoms with van der Waals surface area (Å²) in [7, 11) is 0. The molecule has 8 nitrogen and oxygen atoms in total. The Labute approximate surface area is 169 Å². The number of fused-ring (bicyclic) bond motifs is 1. The Hall–Kier alpha value is -1.67. The summed E-state index contributed by atoms with van der Waals surface area (Å²) in [5.41, 5.74) is 0. The van der Waals surface area contributed by atoms with Gasteiger partial charge in [-0.2, -0.15) is 0 Å². The summed E-state index contributed by atoms with van der Waals surface area (Å²) in [5, 5.41) is 11.9. The van der Waals surface area contributed by atoms with E-state index >= 15 is 0 Å². The van der Waals surface area contributed by atoms with Crippen molar-refractivity contribution in [1.82, 2.24) is 20.0 Å². The maximum absolute atomic E-state index is 12.5. The molecular formula is C20H37N5O3. The minimum atomic E-state index is -0.453. The number of amides is 3. The van der Waals surface area contributed by atoms with E-state index in [-0.39, 0.29) is 18.5 Å². The summed E-state index contributed by atoms with van der Waals surface area (Å²) in [4.78, 5) is 35.6. The van der Waals surface area contributed by atoms with E-state index in [1.807, 2.05) is 11.8 Å². The molecule has 0 aromatic carbocycles. The summed E-state index contributed by atoms with van der Waals surface area (Å²) in [6, 6.07) is -0.793. The molecule has 2 N–H and O–H groups in total. The third-order valence-corrected chi connectivity index (χ3v) is 5.51. The van der Waals surface area contributed by atoms with Gasteiger partial charge in [-0.25, -0.2) is 9.79 Å². The van der Waals surface area contributed by atoms with E-state index in [0.717, 1.165) is 31.6 Å². The van der Waals surface area contributed by atoms with Crippen molar-refractivity contribution >= 4 is 17.8 Å². The number of amidine groups is 1. The number of aliphatic imine (C=N–C) groups is 1. The lowest BCUT2D eigenvalue weighted by atomic mass is 10.1. The summed E-state index contributed by atoms with van der Waals surface area (Å²) >= 11 is 0. The van der Waals surface area contributed by atoms with Gasteiger partial charge in [-0.1, -0.05) is 39.5 Å². The maximum Gasteiger partial charge on any atom is 0.325 e. The standard InChI is InChI=1S/C20H37N5O3/c1-4-7-9-10-11-23(13-14-26)15-16-21-18-17(24(16)6-3)19(27)22-20(28)25(18)12-8-5-2/h17-18,26H,4-15H2,1-3H3,(H,22,27,28). The van der Waals surface area contributed by atoms with Crippen LogP contribution >= 0.6 is 0 Å². The highest BCUT2D eigenvalue weighted by Crippen LogP contribution is 2.25. The fraction of sp³-hybridized carbons (Fsp3) is 0.850. The van der Waals surface area contributed by atoms with Crippen LogP contribution in [0.4, 0.5) is 4.79 Å². The van der Waals surface area contributed by atoms with Crippen LogP contribution in [0.15, 0.2) is 4.99 Å². The summed E-state index contributed by atoms with van der Waals surface area (Å²) in [5.74, 6) is 0.577. The van der Waals surface area contributed by atoms with Crippen LogP contribution in [0.5, 0.6) is 0 Å². The Balaban J connectivity index is 2.13. The number of imide groups is 1. The average molecular weight is 396 g/mol. The maximum atomic E-state index is 12.5. The molecule has 0 radical (unpaired) electrons. The van der Waals surface area contributed by atoms with Gasteiger partial charge in [0.05, 0.1) is 13.2 Å². The van der Waals surface area contributed by atoms with Crippen molar-refractivity contribution in [2.75, 3.05) is 39.3 Å². The van der Waals surface area contributed by atoms with Gasteiger partial charge in [0.15, 0.2) is 12.2 Å². The number of hydrogen-bond donors (Lipinski definition) is 2. The van der Waals surface area contributed by atoms with Crippen LogP contribution in [0.3, 0.4) is 0 Å². The second-order valence-electron chi connectivity index (χ2n) is 7.59. The molecule has 2 unspecified atom stereocenters. The quantitative estimate of drug-likeness (QED) is 0.463. The number of rotatable bonds is 13. The van der Waals surface area contributed by atoms with E-state index in [0.29, 0.717) is 26.2 Å². The fourth-order valence-electron chi connectivity index (χ4n) is 3.95. The zero-order chi connectivity index (χ0) is 20.5. The topological polar surface area (TPSA) is 88.5 Å². The molecule has 1 fully saturated rings. The van der Waals surface area contributed by atoms with E-state index in [1.165, 1.54) is 19.3 Å². The van der Waals surface area contributed by atoms with Gasteiger partial charge in [0.25, 0.3) is 5.91 Å². The SMILES string of the molecule is CCCCCCN(CCO)CC1=NC2C(C(=O)NC(=O)N2CCCC)N1CC. The third kappa shape index (κ3) is 5.44. The molecule has 1 saturated heterocycles. The molecule has 0 bridgehead atoms. The largest absolute Gasteiger partial charge is 0.395 e. The van der Waals surface area contributed by atoms with Crippen LogP contribution in [0, 0.1) is 0 Å². The van der Waals surface area contributed by atoms with Crippen molar-refractivity contribution in [3.8, 4) is 0 Å². The van der Waals surface area contributed by atoms with Crippen molar-refractivity contribution in [1.29, 1.82) is 0 Å². The Morgan fingerprint density at radius 2 is 1.79 bits per heavy atom. The number of nitrogens with one attached hydrogen (secondary N) is 1. The molecule has 0 aliphatic carbocycles. The van der Waals surface area contributed by atoms with E-state index in [9.17, 15) is 14.7 Å². The Bertz CT molecular complexity index is 554. The van der Waals surface area contributed by atoms with E-state index in [1.54, 1.807) is 4.90 Å². The van der Waals surface area contributed by atoms with Gasteiger partial charge in [-0.15, -0.1) is 0 Å². The summed E-state index contributed by atoms with van der Waals surface area (Å²) in [6.45, 7) is 9.72. The highest BCUT2D eigenvalue weighted by Gasteiger charge is 2.48. The first-order valence-electron chi connectivity index (χ1n) is 10.8. The molecule has 2 heterocycles.